The lowest BCUT2D eigenvalue weighted by Crippen LogP contribution is -2.54. The second-order valence-corrected chi connectivity index (χ2v) is 6.67. The summed E-state index contributed by atoms with van der Waals surface area (Å²) in [4.78, 5) is 0. The first kappa shape index (κ1) is 28.3. The van der Waals surface area contributed by atoms with Crippen molar-refractivity contribution in [2.45, 2.75) is 73.7 Å². The second-order valence-electron chi connectivity index (χ2n) is 6.18. The monoisotopic (exact) mass is 486 g/mol. The van der Waals surface area contributed by atoms with E-state index in [4.69, 9.17) is 0 Å². The average molecular weight is 486 g/mol. The van der Waals surface area contributed by atoms with Gasteiger partial charge in [-0.05, 0) is 19.3 Å². The molecule has 2 atom stereocenters. The quantitative estimate of drug-likeness (QED) is 0.206. The van der Waals surface area contributed by atoms with Gasteiger partial charge in [0.1, 0.15) is 5.50 Å². The summed E-state index contributed by atoms with van der Waals surface area (Å²) in [6.45, 7) is 0. The highest BCUT2D eigenvalue weighted by molar-refractivity contribution is 7.80. The molecule has 2 unspecified atom stereocenters. The molecule has 0 aromatic carbocycles. The fourth-order valence-electron chi connectivity index (χ4n) is 2.31. The zero-order valence-corrected chi connectivity index (χ0v) is 14.7. The molecule has 0 aliphatic rings. The molecule has 0 aliphatic carbocycles. The smallest absolute Gasteiger partial charge is 0.236 e. The molecule has 0 aromatic heterocycles. The average Bonchev–Trinajstić information content (AvgIpc) is 2.44. The van der Waals surface area contributed by atoms with E-state index in [0.717, 1.165) is 0 Å². The van der Waals surface area contributed by atoms with Crippen molar-refractivity contribution in [3.63, 3.8) is 0 Å². The number of halogens is 15. The molecular formula is C13H13F15S. The number of thiol groups is 1. The molecule has 0 radical (unpaired) electrons. The molecule has 0 heterocycles. The predicted octanol–water partition coefficient (Wildman–Crippen LogP) is 7.44. The van der Waals surface area contributed by atoms with Crippen molar-refractivity contribution < 1.29 is 65.9 Å². The highest BCUT2D eigenvalue weighted by atomic mass is 32.1. The lowest BCUT2D eigenvalue weighted by atomic mass is 9.87. The molecule has 0 N–H and O–H groups in total. The van der Waals surface area contributed by atoms with Gasteiger partial charge >= 0.3 is 24.7 Å². The largest absolute Gasteiger partial charge is 0.431 e. The Labute approximate surface area is 159 Å². The molecule has 0 nitrogen and oxygen atoms in total. The Balaban J connectivity index is 5.28. The van der Waals surface area contributed by atoms with Crippen LogP contribution in [0.1, 0.15) is 32.1 Å². The molecule has 0 saturated heterocycles. The second kappa shape index (κ2) is 8.81. The summed E-state index contributed by atoms with van der Waals surface area (Å²) < 4.78 is 189. The molecule has 0 saturated carbocycles. The van der Waals surface area contributed by atoms with Gasteiger partial charge in [0.05, 0.1) is 0 Å². The van der Waals surface area contributed by atoms with Crippen molar-refractivity contribution in [3.05, 3.63) is 0 Å². The van der Waals surface area contributed by atoms with Crippen LogP contribution < -0.4 is 0 Å². The molecular weight excluding hydrogens is 473 g/mol. The van der Waals surface area contributed by atoms with E-state index in [1.54, 1.807) is 0 Å². The maximum Gasteiger partial charge on any atom is 0.431 e. The van der Waals surface area contributed by atoms with Crippen LogP contribution in [0.3, 0.4) is 0 Å². The first-order valence-corrected chi connectivity index (χ1v) is 8.00. The Hall–Kier alpha value is -0.700. The molecule has 0 fully saturated rings. The minimum Gasteiger partial charge on any atom is -0.236 e. The summed E-state index contributed by atoms with van der Waals surface area (Å²) in [5.41, 5.74) is -14.4. The molecule has 0 amide bonds. The summed E-state index contributed by atoms with van der Waals surface area (Å²) in [5.74, 6) is -2.49. The molecule has 0 rings (SSSR count). The van der Waals surface area contributed by atoms with Crippen LogP contribution in [0.2, 0.25) is 0 Å². The zero-order valence-electron chi connectivity index (χ0n) is 13.8. The third kappa shape index (κ3) is 6.39. The lowest BCUT2D eigenvalue weighted by Gasteiger charge is -2.33. The summed E-state index contributed by atoms with van der Waals surface area (Å²) in [6, 6.07) is 0. The van der Waals surface area contributed by atoms with Crippen LogP contribution in [0.25, 0.3) is 0 Å². The van der Waals surface area contributed by atoms with Crippen molar-refractivity contribution in [3.8, 4) is 0 Å². The number of alkyl halides is 15. The van der Waals surface area contributed by atoms with Crippen LogP contribution in [0.4, 0.5) is 65.9 Å². The molecule has 16 heteroatoms. The normalized spacial score (nSPS) is 17.4. The van der Waals surface area contributed by atoms with Crippen molar-refractivity contribution in [1.29, 1.82) is 0 Å². The summed E-state index contributed by atoms with van der Waals surface area (Å²) in [7, 11) is 0. The van der Waals surface area contributed by atoms with E-state index in [1.807, 2.05) is 0 Å². The van der Waals surface area contributed by atoms with Gasteiger partial charge in [-0.3, -0.25) is 0 Å². The molecule has 0 bridgehead atoms. The topological polar surface area (TPSA) is 0 Å². The fourth-order valence-corrected chi connectivity index (χ4v) is 2.56. The van der Waals surface area contributed by atoms with Crippen LogP contribution in [-0.2, 0) is 0 Å². The lowest BCUT2D eigenvalue weighted by molar-refractivity contribution is -0.347. The van der Waals surface area contributed by atoms with Crippen LogP contribution in [0, 0.1) is 5.92 Å². The predicted molar refractivity (Wildman–Crippen MR) is 72.4 cm³/mol. The molecule has 0 spiro atoms. The molecule has 0 aliphatic heterocycles. The maximum absolute atomic E-state index is 13.6. The van der Waals surface area contributed by atoms with Gasteiger partial charge in [-0.2, -0.15) is 52.7 Å². The summed E-state index contributed by atoms with van der Waals surface area (Å²) >= 11 is 2.95. The van der Waals surface area contributed by atoms with Crippen molar-refractivity contribution in [1.82, 2.24) is 0 Å². The zero-order chi connectivity index (χ0) is 23.7. The number of unbranched alkanes of at least 4 members (excludes halogenated alkanes) is 1. The first-order chi connectivity index (χ1) is 12.5. The van der Waals surface area contributed by atoms with Gasteiger partial charge in [-0.25, -0.2) is 13.2 Å². The van der Waals surface area contributed by atoms with Crippen molar-refractivity contribution in [2.24, 2.45) is 5.92 Å². The van der Waals surface area contributed by atoms with E-state index in [2.05, 4.69) is 12.6 Å². The fraction of sp³-hybridized carbons (Fsp3) is 1.00. The SMILES string of the molecule is FC(S)C(CCCCC(F)(C(F)(F)F)C(F)(F)F)CC(F)(C(F)(F)F)C(F)(F)F. The highest BCUT2D eigenvalue weighted by Crippen LogP contribution is 2.52. The van der Waals surface area contributed by atoms with Crippen molar-refractivity contribution >= 4 is 12.6 Å². The number of hydrogen-bond acceptors (Lipinski definition) is 1. The number of rotatable bonds is 8. The van der Waals surface area contributed by atoms with Gasteiger partial charge in [0.15, 0.2) is 0 Å². The van der Waals surface area contributed by atoms with Crippen LogP contribution in [0.5, 0.6) is 0 Å². The summed E-state index contributed by atoms with van der Waals surface area (Å²) in [5, 5.41) is 0. The Morgan fingerprint density at radius 3 is 1.17 bits per heavy atom. The van der Waals surface area contributed by atoms with E-state index in [-0.39, 0.29) is 0 Å². The van der Waals surface area contributed by atoms with E-state index >= 15 is 0 Å². The maximum atomic E-state index is 13.6. The highest BCUT2D eigenvalue weighted by Gasteiger charge is 2.73. The van der Waals surface area contributed by atoms with Gasteiger partial charge in [0, 0.05) is 12.3 Å². The molecule has 0 aromatic rings. The Bertz CT molecular complexity index is 484. The Kier molecular flexibility index (Phi) is 8.60. The van der Waals surface area contributed by atoms with Gasteiger partial charge in [-0.15, -0.1) is 12.6 Å². The first-order valence-electron chi connectivity index (χ1n) is 7.48. The Morgan fingerprint density at radius 1 is 0.552 bits per heavy atom. The minimum atomic E-state index is -6.53. The standard InChI is InChI=1S/C13H13F15S/c14-7(29)6(5-9(16,12(23,24)25)13(26,27)28)3-1-2-4-8(15,10(17,18)19)11(20,21)22/h6-7,29H,1-5H2. The summed E-state index contributed by atoms with van der Waals surface area (Å²) in [6.07, 6.45) is -34.3. The Morgan fingerprint density at radius 2 is 0.897 bits per heavy atom. The molecule has 176 valence electrons. The van der Waals surface area contributed by atoms with Gasteiger partial charge < -0.3 is 0 Å². The van der Waals surface area contributed by atoms with Gasteiger partial charge in [0.25, 0.3) is 11.3 Å². The van der Waals surface area contributed by atoms with Gasteiger partial charge in [-0.1, -0.05) is 6.42 Å². The van der Waals surface area contributed by atoms with E-state index in [9.17, 15) is 65.9 Å². The third-order valence-electron chi connectivity index (χ3n) is 4.08. The van der Waals surface area contributed by atoms with E-state index in [0.29, 0.717) is 0 Å². The van der Waals surface area contributed by atoms with Crippen LogP contribution >= 0.6 is 12.6 Å². The molecule has 29 heavy (non-hydrogen) atoms. The minimum absolute atomic E-state index is 1.06. The van der Waals surface area contributed by atoms with E-state index < -0.39 is 79.6 Å². The van der Waals surface area contributed by atoms with Gasteiger partial charge in [0.2, 0.25) is 0 Å². The van der Waals surface area contributed by atoms with Crippen molar-refractivity contribution in [2.75, 3.05) is 0 Å². The number of hydrogen-bond donors (Lipinski definition) is 1. The third-order valence-corrected chi connectivity index (χ3v) is 4.50. The van der Waals surface area contributed by atoms with Crippen LogP contribution in [0.15, 0.2) is 0 Å². The van der Waals surface area contributed by atoms with Crippen LogP contribution in [-0.4, -0.2) is 41.5 Å². The van der Waals surface area contributed by atoms with E-state index in [1.165, 1.54) is 0 Å².